The molecule has 0 aliphatic rings. The molecule has 1 aromatic rings. The number of benzene rings is 1. The molecule has 0 heterocycles. The Hall–Kier alpha value is -1.84. The van der Waals surface area contributed by atoms with E-state index >= 15 is 0 Å². The van der Waals surface area contributed by atoms with Crippen molar-refractivity contribution in [1.82, 2.24) is 4.90 Å². The molecule has 4 nitrogen and oxygen atoms in total. The predicted molar refractivity (Wildman–Crippen MR) is 74.1 cm³/mol. The third kappa shape index (κ3) is 4.39. The maximum atomic E-state index is 12.2. The van der Waals surface area contributed by atoms with E-state index in [9.17, 15) is 9.59 Å². The van der Waals surface area contributed by atoms with Crippen LogP contribution in [-0.2, 0) is 9.53 Å². The topological polar surface area (TPSA) is 46.6 Å². The number of rotatable bonds is 5. The summed E-state index contributed by atoms with van der Waals surface area (Å²) in [5.74, 6) is -0.197. The Kier molecular flexibility index (Phi) is 5.55. The van der Waals surface area contributed by atoms with E-state index in [0.717, 1.165) is 5.56 Å². The predicted octanol–water partition coefficient (Wildman–Crippen LogP) is 2.45. The number of carbonyl (C=O) groups excluding carboxylic acids is 2. The van der Waals surface area contributed by atoms with Crippen LogP contribution in [0, 0.1) is 0 Å². The summed E-state index contributed by atoms with van der Waals surface area (Å²) in [6, 6.07) is 7.48. The highest BCUT2D eigenvalue weighted by Gasteiger charge is 2.16. The van der Waals surface area contributed by atoms with Crippen LogP contribution in [0.2, 0.25) is 0 Å². The quantitative estimate of drug-likeness (QED) is 0.767. The van der Waals surface area contributed by atoms with Crippen LogP contribution in [0.15, 0.2) is 24.3 Å². The van der Waals surface area contributed by atoms with Gasteiger partial charge in [-0.2, -0.15) is 0 Å². The molecule has 0 aliphatic carbocycles. The number of hydrogen-bond donors (Lipinski definition) is 0. The van der Waals surface area contributed by atoms with Crippen molar-refractivity contribution in [2.45, 2.75) is 26.7 Å². The second-order valence-electron chi connectivity index (χ2n) is 4.75. The van der Waals surface area contributed by atoms with E-state index in [2.05, 4.69) is 13.8 Å². The smallest absolute Gasteiger partial charge is 0.325 e. The van der Waals surface area contributed by atoms with Gasteiger partial charge in [0.15, 0.2) is 0 Å². The second-order valence-corrected chi connectivity index (χ2v) is 4.75. The molecule has 0 spiro atoms. The lowest BCUT2D eigenvalue weighted by atomic mass is 10.0. The summed E-state index contributed by atoms with van der Waals surface area (Å²) in [5, 5.41) is 0. The minimum Gasteiger partial charge on any atom is -0.465 e. The van der Waals surface area contributed by atoms with Gasteiger partial charge in [-0.05, 0) is 30.5 Å². The fourth-order valence-electron chi connectivity index (χ4n) is 1.72. The molecule has 4 heteroatoms. The molecule has 0 radical (unpaired) electrons. The van der Waals surface area contributed by atoms with Crippen molar-refractivity contribution in [2.75, 3.05) is 20.2 Å². The van der Waals surface area contributed by atoms with Crippen LogP contribution in [0.4, 0.5) is 0 Å². The Balaban J connectivity index is 2.76. The van der Waals surface area contributed by atoms with E-state index < -0.39 is 5.97 Å². The molecule has 0 atom stereocenters. The lowest BCUT2D eigenvalue weighted by Gasteiger charge is -2.17. The van der Waals surface area contributed by atoms with E-state index in [1.807, 2.05) is 18.2 Å². The van der Waals surface area contributed by atoms with Crippen molar-refractivity contribution >= 4 is 11.9 Å². The first kappa shape index (κ1) is 15.2. The van der Waals surface area contributed by atoms with Gasteiger partial charge >= 0.3 is 5.97 Å². The van der Waals surface area contributed by atoms with Gasteiger partial charge in [0, 0.05) is 12.6 Å². The van der Waals surface area contributed by atoms with E-state index in [1.54, 1.807) is 20.0 Å². The summed E-state index contributed by atoms with van der Waals surface area (Å²) >= 11 is 0. The number of nitrogens with zero attached hydrogens (tertiary/aromatic N) is 1. The van der Waals surface area contributed by atoms with Crippen LogP contribution >= 0.6 is 0 Å². The Morgan fingerprint density at radius 3 is 2.58 bits per heavy atom. The van der Waals surface area contributed by atoms with Crippen molar-refractivity contribution in [3.05, 3.63) is 35.4 Å². The van der Waals surface area contributed by atoms with Gasteiger partial charge in [-0.25, -0.2) is 0 Å². The van der Waals surface area contributed by atoms with E-state index in [4.69, 9.17) is 4.74 Å². The number of ether oxygens (including phenoxy) is 1. The van der Waals surface area contributed by atoms with Crippen LogP contribution in [0.1, 0.15) is 42.6 Å². The summed E-state index contributed by atoms with van der Waals surface area (Å²) in [6.45, 7) is 6.19. The average Bonchev–Trinajstić information content (AvgIpc) is 2.38. The molecule has 104 valence electrons. The van der Waals surface area contributed by atoms with Gasteiger partial charge in [0.1, 0.15) is 6.54 Å². The molecule has 1 aromatic carbocycles. The number of amides is 1. The highest BCUT2D eigenvalue weighted by molar-refractivity contribution is 5.95. The van der Waals surface area contributed by atoms with Gasteiger partial charge in [-0.15, -0.1) is 0 Å². The second kappa shape index (κ2) is 6.92. The highest BCUT2D eigenvalue weighted by atomic mass is 16.5. The zero-order valence-corrected chi connectivity index (χ0v) is 12.0. The zero-order chi connectivity index (χ0) is 14.4. The van der Waals surface area contributed by atoms with Gasteiger partial charge in [-0.1, -0.05) is 26.0 Å². The maximum Gasteiger partial charge on any atom is 0.325 e. The molecular formula is C15H21NO3. The largest absolute Gasteiger partial charge is 0.465 e. The van der Waals surface area contributed by atoms with Gasteiger partial charge < -0.3 is 9.64 Å². The number of likely N-dealkylation sites (N-methyl/N-ethyl adjacent to an activating group) is 1. The zero-order valence-electron chi connectivity index (χ0n) is 12.0. The Morgan fingerprint density at radius 1 is 1.32 bits per heavy atom. The van der Waals surface area contributed by atoms with Crippen molar-refractivity contribution in [3.63, 3.8) is 0 Å². The third-order valence-corrected chi connectivity index (χ3v) is 2.82. The Morgan fingerprint density at radius 2 is 2.00 bits per heavy atom. The standard InChI is InChI=1S/C15H21NO3/c1-5-19-14(17)10-16(4)15(18)13-8-6-7-12(9-13)11(2)3/h6-9,11H,5,10H2,1-4H3. The third-order valence-electron chi connectivity index (χ3n) is 2.82. The molecule has 0 saturated carbocycles. The van der Waals surface area contributed by atoms with Crippen molar-refractivity contribution in [2.24, 2.45) is 0 Å². The van der Waals surface area contributed by atoms with Gasteiger partial charge in [-0.3, -0.25) is 9.59 Å². The summed E-state index contributed by atoms with van der Waals surface area (Å²) in [7, 11) is 1.60. The first-order chi connectivity index (χ1) is 8.95. The fourth-order valence-corrected chi connectivity index (χ4v) is 1.72. The Bertz CT molecular complexity index is 454. The van der Waals surface area contributed by atoms with Crippen LogP contribution in [-0.4, -0.2) is 37.0 Å². The van der Waals surface area contributed by atoms with Crippen molar-refractivity contribution in [3.8, 4) is 0 Å². The van der Waals surface area contributed by atoms with E-state index in [1.165, 1.54) is 4.90 Å². The van der Waals surface area contributed by atoms with Crippen molar-refractivity contribution in [1.29, 1.82) is 0 Å². The van der Waals surface area contributed by atoms with Crippen LogP contribution < -0.4 is 0 Å². The first-order valence-corrected chi connectivity index (χ1v) is 6.46. The molecule has 1 amide bonds. The lowest BCUT2D eigenvalue weighted by molar-refractivity contribution is -0.143. The fraction of sp³-hybridized carbons (Fsp3) is 0.467. The molecule has 19 heavy (non-hydrogen) atoms. The molecule has 0 fully saturated rings. The van der Waals surface area contributed by atoms with Crippen LogP contribution in [0.25, 0.3) is 0 Å². The number of esters is 1. The van der Waals surface area contributed by atoms with Gasteiger partial charge in [0.05, 0.1) is 6.61 Å². The molecule has 1 rings (SSSR count). The maximum absolute atomic E-state index is 12.2. The average molecular weight is 263 g/mol. The Labute approximate surface area is 114 Å². The molecule has 0 bridgehead atoms. The monoisotopic (exact) mass is 263 g/mol. The first-order valence-electron chi connectivity index (χ1n) is 6.46. The van der Waals surface area contributed by atoms with Gasteiger partial charge in [0.2, 0.25) is 0 Å². The lowest BCUT2D eigenvalue weighted by Crippen LogP contribution is -2.33. The molecule has 0 unspecified atom stereocenters. The van der Waals surface area contributed by atoms with Crippen LogP contribution in [0.5, 0.6) is 0 Å². The molecule has 0 aliphatic heterocycles. The molecule has 0 aromatic heterocycles. The summed E-state index contributed by atoms with van der Waals surface area (Å²) < 4.78 is 4.83. The van der Waals surface area contributed by atoms with E-state index in [-0.39, 0.29) is 12.5 Å². The summed E-state index contributed by atoms with van der Waals surface area (Å²) in [6.07, 6.45) is 0. The van der Waals surface area contributed by atoms with Gasteiger partial charge in [0.25, 0.3) is 5.91 Å². The number of hydrogen-bond acceptors (Lipinski definition) is 3. The summed E-state index contributed by atoms with van der Waals surface area (Å²) in [4.78, 5) is 24.9. The SMILES string of the molecule is CCOC(=O)CN(C)C(=O)c1cccc(C(C)C)c1. The number of carbonyl (C=O) groups is 2. The minimum atomic E-state index is -0.390. The van der Waals surface area contributed by atoms with E-state index in [0.29, 0.717) is 18.1 Å². The normalized spacial score (nSPS) is 10.4. The minimum absolute atomic E-state index is 0.0292. The summed E-state index contributed by atoms with van der Waals surface area (Å²) in [5.41, 5.74) is 1.70. The highest BCUT2D eigenvalue weighted by Crippen LogP contribution is 2.16. The molecule has 0 saturated heterocycles. The van der Waals surface area contributed by atoms with Crippen LogP contribution in [0.3, 0.4) is 0 Å². The molecular weight excluding hydrogens is 242 g/mol. The van der Waals surface area contributed by atoms with Crippen molar-refractivity contribution < 1.29 is 14.3 Å². The molecule has 0 N–H and O–H groups in total.